The third-order valence-corrected chi connectivity index (χ3v) is 3.06. The van der Waals surface area contributed by atoms with Crippen LogP contribution >= 0.6 is 16.1 Å². The van der Waals surface area contributed by atoms with Crippen molar-refractivity contribution < 1.29 is 0 Å². The molecule has 1 aromatic rings. The Balaban J connectivity index is 2.03. The Bertz CT molecular complexity index is 255. The molecule has 1 aromatic carbocycles. The van der Waals surface area contributed by atoms with Gasteiger partial charge in [-0.05, 0) is 12.1 Å². The van der Waals surface area contributed by atoms with Crippen molar-refractivity contribution in [2.24, 2.45) is 0 Å². The summed E-state index contributed by atoms with van der Waals surface area (Å²) < 4.78 is 2.19. The first-order valence-corrected chi connectivity index (χ1v) is 5.28. The van der Waals surface area contributed by atoms with Crippen LogP contribution in [0, 0.1) is 0 Å². The Morgan fingerprint density at radius 3 is 2.15 bits per heavy atom. The number of anilines is 1. The monoisotopic (exact) mass is 240 g/mol. The molecule has 1 heterocycles. The molecule has 2 nitrogen and oxygen atoms in total. The summed E-state index contributed by atoms with van der Waals surface area (Å²) in [5, 5.41) is 0. The molecule has 0 atom stereocenters. The number of halogens is 1. The highest BCUT2D eigenvalue weighted by Gasteiger charge is 2.14. The van der Waals surface area contributed by atoms with Crippen LogP contribution in [0.15, 0.2) is 30.3 Å². The molecule has 2 rings (SSSR count). The normalized spacial score (nSPS) is 19.0. The summed E-state index contributed by atoms with van der Waals surface area (Å²) in [5.74, 6) is 0. The zero-order valence-electron chi connectivity index (χ0n) is 7.49. The Morgan fingerprint density at radius 2 is 1.54 bits per heavy atom. The topological polar surface area (TPSA) is 6.48 Å². The first kappa shape index (κ1) is 9.03. The Hall–Kier alpha value is -0.540. The summed E-state index contributed by atoms with van der Waals surface area (Å²) in [6.07, 6.45) is 0. The Labute approximate surface area is 87.5 Å². The number of rotatable bonds is 1. The molecule has 0 radical (unpaired) electrons. The molecule has 1 saturated heterocycles. The Morgan fingerprint density at radius 1 is 0.923 bits per heavy atom. The predicted molar refractivity (Wildman–Crippen MR) is 59.2 cm³/mol. The second kappa shape index (κ2) is 4.11. The second-order valence-corrected chi connectivity index (χ2v) is 4.24. The standard InChI is InChI=1S/C10H13BrN2/c11-13-8-6-12(7-9-13)10-4-2-1-3-5-10/h1-5H,6-9H2. The number of nitrogens with zero attached hydrogens (tertiary/aromatic N) is 2. The average molecular weight is 241 g/mol. The summed E-state index contributed by atoms with van der Waals surface area (Å²) in [6, 6.07) is 10.6. The molecule has 0 amide bonds. The molecule has 13 heavy (non-hydrogen) atoms. The number of hydrogen-bond acceptors (Lipinski definition) is 2. The van der Waals surface area contributed by atoms with E-state index in [0.29, 0.717) is 0 Å². The van der Waals surface area contributed by atoms with E-state index in [0.717, 1.165) is 26.2 Å². The van der Waals surface area contributed by atoms with Crippen molar-refractivity contribution >= 4 is 21.8 Å². The average Bonchev–Trinajstić information content (AvgIpc) is 2.20. The van der Waals surface area contributed by atoms with Gasteiger partial charge >= 0.3 is 0 Å². The summed E-state index contributed by atoms with van der Waals surface area (Å²) >= 11 is 3.49. The van der Waals surface area contributed by atoms with E-state index in [9.17, 15) is 0 Å². The maximum absolute atomic E-state index is 3.49. The van der Waals surface area contributed by atoms with Crippen LogP contribution in [0.25, 0.3) is 0 Å². The molecule has 0 N–H and O–H groups in total. The van der Waals surface area contributed by atoms with Crippen LogP contribution in [0.5, 0.6) is 0 Å². The van der Waals surface area contributed by atoms with Gasteiger partial charge in [-0.1, -0.05) is 18.2 Å². The molecule has 3 heteroatoms. The molecule has 0 spiro atoms. The Kier molecular flexibility index (Phi) is 2.86. The molecule has 1 aliphatic rings. The molecule has 0 saturated carbocycles. The molecule has 70 valence electrons. The van der Waals surface area contributed by atoms with Gasteiger partial charge in [0.15, 0.2) is 0 Å². The van der Waals surface area contributed by atoms with Crippen LogP contribution in [0.1, 0.15) is 0 Å². The minimum atomic E-state index is 1.09. The molecule has 0 aromatic heterocycles. The largest absolute Gasteiger partial charge is 0.369 e. The third kappa shape index (κ3) is 2.23. The first-order valence-electron chi connectivity index (χ1n) is 4.57. The maximum atomic E-state index is 3.49. The van der Waals surface area contributed by atoms with Gasteiger partial charge in [-0.3, -0.25) is 0 Å². The zero-order chi connectivity index (χ0) is 9.10. The van der Waals surface area contributed by atoms with Gasteiger partial charge in [0.05, 0.1) is 0 Å². The third-order valence-electron chi connectivity index (χ3n) is 2.35. The summed E-state index contributed by atoms with van der Waals surface area (Å²) in [7, 11) is 0. The summed E-state index contributed by atoms with van der Waals surface area (Å²) in [4.78, 5) is 2.41. The molecule has 1 aliphatic heterocycles. The van der Waals surface area contributed by atoms with E-state index < -0.39 is 0 Å². The minimum absolute atomic E-state index is 1.09. The molecule has 0 aliphatic carbocycles. The van der Waals surface area contributed by atoms with Crippen LogP contribution in [-0.2, 0) is 0 Å². The van der Waals surface area contributed by atoms with Crippen molar-refractivity contribution in [1.82, 2.24) is 3.93 Å². The van der Waals surface area contributed by atoms with E-state index in [1.807, 2.05) is 0 Å². The number of hydrogen-bond donors (Lipinski definition) is 0. The lowest BCUT2D eigenvalue weighted by molar-refractivity contribution is 0.443. The minimum Gasteiger partial charge on any atom is -0.369 e. The van der Waals surface area contributed by atoms with E-state index >= 15 is 0 Å². The quantitative estimate of drug-likeness (QED) is 0.695. The van der Waals surface area contributed by atoms with Crippen LogP contribution < -0.4 is 4.90 Å². The molecular weight excluding hydrogens is 228 g/mol. The van der Waals surface area contributed by atoms with Gasteiger partial charge in [0, 0.05) is 48.0 Å². The van der Waals surface area contributed by atoms with Gasteiger partial charge in [0.25, 0.3) is 0 Å². The number of piperazine rings is 1. The fraction of sp³-hybridized carbons (Fsp3) is 0.400. The van der Waals surface area contributed by atoms with Gasteiger partial charge in [-0.2, -0.15) is 0 Å². The van der Waals surface area contributed by atoms with Crippen LogP contribution in [0.2, 0.25) is 0 Å². The van der Waals surface area contributed by atoms with Crippen molar-refractivity contribution in [3.63, 3.8) is 0 Å². The van der Waals surface area contributed by atoms with Gasteiger partial charge in [-0.15, -0.1) is 0 Å². The molecular formula is C10H13BrN2. The fourth-order valence-corrected chi connectivity index (χ4v) is 1.90. The van der Waals surface area contributed by atoms with E-state index in [-0.39, 0.29) is 0 Å². The van der Waals surface area contributed by atoms with Gasteiger partial charge in [0.2, 0.25) is 0 Å². The molecule has 0 unspecified atom stereocenters. The van der Waals surface area contributed by atoms with Crippen molar-refractivity contribution in [2.75, 3.05) is 31.1 Å². The number of para-hydroxylation sites is 1. The van der Waals surface area contributed by atoms with Crippen LogP contribution in [0.3, 0.4) is 0 Å². The highest BCUT2D eigenvalue weighted by Crippen LogP contribution is 2.16. The van der Waals surface area contributed by atoms with E-state index in [4.69, 9.17) is 0 Å². The van der Waals surface area contributed by atoms with Gasteiger partial charge in [0.1, 0.15) is 0 Å². The lowest BCUT2D eigenvalue weighted by atomic mass is 10.2. The zero-order valence-corrected chi connectivity index (χ0v) is 9.07. The first-order chi connectivity index (χ1) is 6.36. The highest BCUT2D eigenvalue weighted by atomic mass is 79.9. The van der Waals surface area contributed by atoms with Crippen LogP contribution in [-0.4, -0.2) is 30.1 Å². The predicted octanol–water partition coefficient (Wildman–Crippen LogP) is 2.12. The van der Waals surface area contributed by atoms with Crippen molar-refractivity contribution in [3.8, 4) is 0 Å². The SMILES string of the molecule is BrN1CCN(c2ccccc2)CC1. The van der Waals surface area contributed by atoms with E-state index in [1.54, 1.807) is 0 Å². The summed E-state index contributed by atoms with van der Waals surface area (Å²) in [6.45, 7) is 4.40. The van der Waals surface area contributed by atoms with Gasteiger partial charge < -0.3 is 4.90 Å². The van der Waals surface area contributed by atoms with Gasteiger partial charge in [-0.25, -0.2) is 3.93 Å². The molecule has 1 fully saturated rings. The second-order valence-electron chi connectivity index (χ2n) is 3.23. The van der Waals surface area contributed by atoms with E-state index in [2.05, 4.69) is 55.3 Å². The number of benzene rings is 1. The lowest BCUT2D eigenvalue weighted by Crippen LogP contribution is -2.42. The summed E-state index contributed by atoms with van der Waals surface area (Å²) in [5.41, 5.74) is 1.34. The van der Waals surface area contributed by atoms with Crippen molar-refractivity contribution in [3.05, 3.63) is 30.3 Å². The van der Waals surface area contributed by atoms with E-state index in [1.165, 1.54) is 5.69 Å². The lowest BCUT2D eigenvalue weighted by Gasteiger charge is -2.32. The molecule has 0 bridgehead atoms. The van der Waals surface area contributed by atoms with Crippen LogP contribution in [0.4, 0.5) is 5.69 Å². The smallest absolute Gasteiger partial charge is 0.0367 e. The fourth-order valence-electron chi connectivity index (χ4n) is 1.58. The van der Waals surface area contributed by atoms with Crippen molar-refractivity contribution in [1.29, 1.82) is 0 Å². The van der Waals surface area contributed by atoms with Crippen molar-refractivity contribution in [2.45, 2.75) is 0 Å². The highest BCUT2D eigenvalue weighted by molar-refractivity contribution is 9.07. The maximum Gasteiger partial charge on any atom is 0.0367 e.